The first kappa shape index (κ1) is 12.2. The zero-order valence-electron chi connectivity index (χ0n) is 12.4. The summed E-state index contributed by atoms with van der Waals surface area (Å²) in [5.41, 5.74) is 3.69. The average molecular weight is 286 g/mol. The van der Waals surface area contributed by atoms with Gasteiger partial charge in [-0.25, -0.2) is 0 Å². The van der Waals surface area contributed by atoms with Gasteiger partial charge in [0.05, 0.1) is 0 Å². The van der Waals surface area contributed by atoms with E-state index >= 15 is 0 Å². The average Bonchev–Trinajstić information content (AvgIpc) is 2.57. The molecule has 2 nitrogen and oxygen atoms in total. The highest BCUT2D eigenvalue weighted by molar-refractivity contribution is 6.93. The predicted molar refractivity (Wildman–Crippen MR) is 88.1 cm³/mol. The Morgan fingerprint density at radius 3 is 2.27 bits per heavy atom. The second-order valence-electron chi connectivity index (χ2n) is 6.20. The van der Waals surface area contributed by atoms with Gasteiger partial charge in [0.1, 0.15) is 23.0 Å². The van der Waals surface area contributed by atoms with Gasteiger partial charge in [-0.05, 0) is 35.6 Å². The summed E-state index contributed by atoms with van der Waals surface area (Å²) in [6.45, 7) is 2.44. The highest BCUT2D eigenvalue weighted by Gasteiger charge is 2.43. The maximum atomic E-state index is 6.26. The lowest BCUT2D eigenvalue weighted by atomic mass is 9.33. The molecule has 0 radical (unpaired) electrons. The lowest BCUT2D eigenvalue weighted by Gasteiger charge is -2.38. The predicted octanol–water partition coefficient (Wildman–Crippen LogP) is 2.80. The summed E-state index contributed by atoms with van der Waals surface area (Å²) in [4.78, 5) is 0. The molecule has 0 saturated carbocycles. The number of hydrogen-bond acceptors (Lipinski definition) is 2. The molecule has 5 rings (SSSR count). The molecule has 22 heavy (non-hydrogen) atoms. The molecule has 3 heteroatoms. The summed E-state index contributed by atoms with van der Waals surface area (Å²) in [7, 11) is 0. The molecule has 2 aliphatic heterocycles. The van der Waals surface area contributed by atoms with Crippen molar-refractivity contribution in [2.45, 2.75) is 13.3 Å². The van der Waals surface area contributed by atoms with Crippen molar-refractivity contribution < 1.29 is 9.47 Å². The van der Waals surface area contributed by atoms with Crippen molar-refractivity contribution in [3.05, 3.63) is 71.6 Å². The maximum absolute atomic E-state index is 6.26. The van der Waals surface area contributed by atoms with E-state index in [0.717, 1.165) is 29.4 Å². The SMILES string of the molecule is CC1CC=C2Oc3ccccc3B3C2=C1Oc1ccccc13. The highest BCUT2D eigenvalue weighted by Crippen LogP contribution is 2.40. The van der Waals surface area contributed by atoms with Crippen molar-refractivity contribution in [2.24, 2.45) is 5.92 Å². The molecule has 0 N–H and O–H groups in total. The summed E-state index contributed by atoms with van der Waals surface area (Å²) in [5, 5.41) is 0. The standard InChI is InChI=1S/C19H15BO2/c1-12-10-11-17-18-19(12)22-16-9-5-3-7-14(16)20(18)13-6-2-4-8-15(13)21-17/h2-9,11-12H,10H2,1H3. The second kappa shape index (κ2) is 4.29. The van der Waals surface area contributed by atoms with Gasteiger partial charge in [0.15, 0.2) is 0 Å². The molecule has 0 fully saturated rings. The van der Waals surface area contributed by atoms with Crippen LogP contribution in [-0.4, -0.2) is 6.71 Å². The van der Waals surface area contributed by atoms with E-state index in [1.807, 2.05) is 12.1 Å². The number of benzene rings is 2. The van der Waals surface area contributed by atoms with Gasteiger partial charge in [0.2, 0.25) is 0 Å². The Hall–Kier alpha value is -2.42. The zero-order valence-corrected chi connectivity index (χ0v) is 12.4. The third kappa shape index (κ3) is 1.51. The van der Waals surface area contributed by atoms with Crippen LogP contribution in [0, 0.1) is 5.92 Å². The molecule has 3 aliphatic rings. The lowest BCUT2D eigenvalue weighted by Crippen LogP contribution is -2.53. The minimum atomic E-state index is 0.221. The molecule has 0 saturated heterocycles. The molecule has 2 aromatic rings. The van der Waals surface area contributed by atoms with Gasteiger partial charge < -0.3 is 9.47 Å². The van der Waals surface area contributed by atoms with E-state index < -0.39 is 0 Å². The van der Waals surface area contributed by atoms with Gasteiger partial charge >= 0.3 is 0 Å². The minimum absolute atomic E-state index is 0.221. The summed E-state index contributed by atoms with van der Waals surface area (Å²) in [5.74, 6) is 4.40. The molecule has 0 aromatic heterocycles. The third-order valence-electron chi connectivity index (χ3n) is 4.82. The van der Waals surface area contributed by atoms with Crippen molar-refractivity contribution in [2.75, 3.05) is 0 Å². The fourth-order valence-electron chi connectivity index (χ4n) is 3.76. The lowest BCUT2D eigenvalue weighted by molar-refractivity contribution is 0.333. The number of allylic oxidation sites excluding steroid dienone is 3. The van der Waals surface area contributed by atoms with Crippen LogP contribution in [-0.2, 0) is 0 Å². The van der Waals surface area contributed by atoms with Gasteiger partial charge in [0, 0.05) is 11.4 Å². The van der Waals surface area contributed by atoms with E-state index in [-0.39, 0.29) is 6.71 Å². The normalized spacial score (nSPS) is 21.0. The van der Waals surface area contributed by atoms with E-state index in [1.165, 1.54) is 16.4 Å². The first-order valence-electron chi connectivity index (χ1n) is 7.81. The van der Waals surface area contributed by atoms with Gasteiger partial charge in [0.25, 0.3) is 6.71 Å². The topological polar surface area (TPSA) is 18.5 Å². The van der Waals surface area contributed by atoms with Crippen molar-refractivity contribution in [3.63, 3.8) is 0 Å². The van der Waals surface area contributed by atoms with Crippen molar-refractivity contribution >= 4 is 17.6 Å². The molecule has 1 aliphatic carbocycles. The molecular formula is C19H15BO2. The van der Waals surface area contributed by atoms with Crippen LogP contribution < -0.4 is 20.4 Å². The Morgan fingerprint density at radius 2 is 1.55 bits per heavy atom. The van der Waals surface area contributed by atoms with Crippen molar-refractivity contribution in [1.82, 2.24) is 0 Å². The van der Waals surface area contributed by atoms with E-state index in [9.17, 15) is 0 Å². The largest absolute Gasteiger partial charge is 0.462 e. The van der Waals surface area contributed by atoms with Crippen LogP contribution in [0.15, 0.2) is 71.6 Å². The monoisotopic (exact) mass is 286 g/mol. The van der Waals surface area contributed by atoms with E-state index in [0.29, 0.717) is 5.92 Å². The first-order valence-corrected chi connectivity index (χ1v) is 7.81. The number of hydrogen-bond donors (Lipinski definition) is 0. The quantitative estimate of drug-likeness (QED) is 0.693. The van der Waals surface area contributed by atoms with Crippen LogP contribution in [0.5, 0.6) is 11.5 Å². The second-order valence-corrected chi connectivity index (χ2v) is 6.20. The van der Waals surface area contributed by atoms with Gasteiger partial charge in [-0.3, -0.25) is 0 Å². The van der Waals surface area contributed by atoms with Crippen LogP contribution in [0.4, 0.5) is 0 Å². The van der Waals surface area contributed by atoms with Crippen molar-refractivity contribution in [1.29, 1.82) is 0 Å². The van der Waals surface area contributed by atoms with Crippen LogP contribution >= 0.6 is 0 Å². The van der Waals surface area contributed by atoms with E-state index in [4.69, 9.17) is 9.47 Å². The van der Waals surface area contributed by atoms with Crippen LogP contribution in [0.3, 0.4) is 0 Å². The van der Waals surface area contributed by atoms with Crippen molar-refractivity contribution in [3.8, 4) is 11.5 Å². The summed E-state index contributed by atoms with van der Waals surface area (Å²) in [6.07, 6.45) is 3.18. The minimum Gasteiger partial charge on any atom is -0.462 e. The van der Waals surface area contributed by atoms with Gasteiger partial charge in [-0.15, -0.1) is 0 Å². The Bertz CT molecular complexity index is 850. The van der Waals surface area contributed by atoms with Crippen LogP contribution in [0.1, 0.15) is 13.3 Å². The zero-order chi connectivity index (χ0) is 14.7. The first-order chi connectivity index (χ1) is 10.8. The summed E-state index contributed by atoms with van der Waals surface area (Å²) < 4.78 is 12.4. The van der Waals surface area contributed by atoms with Gasteiger partial charge in [-0.1, -0.05) is 43.3 Å². The Morgan fingerprint density at radius 1 is 0.909 bits per heavy atom. The highest BCUT2D eigenvalue weighted by atomic mass is 16.5. The van der Waals surface area contributed by atoms with Crippen LogP contribution in [0.2, 0.25) is 0 Å². The molecule has 0 spiro atoms. The molecule has 0 bridgehead atoms. The molecular weight excluding hydrogens is 271 g/mol. The maximum Gasteiger partial charge on any atom is 0.260 e. The summed E-state index contributed by atoms with van der Waals surface area (Å²) in [6, 6.07) is 16.7. The Kier molecular flexibility index (Phi) is 2.37. The third-order valence-corrected chi connectivity index (χ3v) is 4.82. The Labute approximate surface area is 130 Å². The molecule has 1 unspecified atom stereocenters. The fraction of sp³-hybridized carbons (Fsp3) is 0.158. The smallest absolute Gasteiger partial charge is 0.260 e. The number of rotatable bonds is 0. The number of ether oxygens (including phenoxy) is 2. The van der Waals surface area contributed by atoms with E-state index in [1.54, 1.807) is 0 Å². The molecule has 0 amide bonds. The summed E-state index contributed by atoms with van der Waals surface area (Å²) >= 11 is 0. The van der Waals surface area contributed by atoms with Gasteiger partial charge in [-0.2, -0.15) is 0 Å². The molecule has 2 aromatic carbocycles. The number of para-hydroxylation sites is 2. The fourth-order valence-corrected chi connectivity index (χ4v) is 3.76. The molecule has 2 heterocycles. The van der Waals surface area contributed by atoms with E-state index in [2.05, 4.69) is 49.4 Å². The number of fused-ring (bicyclic) bond motifs is 4. The Balaban J connectivity index is 1.85. The van der Waals surface area contributed by atoms with Crippen LogP contribution in [0.25, 0.3) is 0 Å². The molecule has 106 valence electrons. The molecule has 1 atom stereocenters.